The van der Waals surface area contributed by atoms with Crippen molar-refractivity contribution in [2.45, 2.75) is 26.3 Å². The minimum absolute atomic E-state index is 0.181. The lowest BCUT2D eigenvalue weighted by molar-refractivity contribution is 0.0951. The molecule has 5 nitrogen and oxygen atoms in total. The lowest BCUT2D eigenvalue weighted by Crippen LogP contribution is -2.30. The molecule has 3 aromatic carbocycles. The normalized spacial score (nSPS) is 12.2. The highest BCUT2D eigenvalue weighted by atomic mass is 32.2. The Morgan fingerprint density at radius 3 is 2.16 bits per heavy atom. The zero-order valence-electron chi connectivity index (χ0n) is 18.1. The molecule has 6 heteroatoms. The summed E-state index contributed by atoms with van der Waals surface area (Å²) in [5.74, 6) is 0.0124. The molecule has 0 fully saturated rings. The van der Waals surface area contributed by atoms with E-state index in [9.17, 15) is 13.2 Å². The van der Waals surface area contributed by atoms with Gasteiger partial charge in [-0.15, -0.1) is 0 Å². The molecule has 3 aromatic rings. The molecule has 0 aliphatic carbocycles. The van der Waals surface area contributed by atoms with Crippen LogP contribution in [-0.2, 0) is 16.6 Å². The molecule has 0 saturated carbocycles. The lowest BCUT2D eigenvalue weighted by Gasteiger charge is -2.23. The van der Waals surface area contributed by atoms with Crippen molar-refractivity contribution in [3.8, 4) is 0 Å². The Morgan fingerprint density at radius 2 is 1.55 bits per heavy atom. The van der Waals surface area contributed by atoms with Gasteiger partial charge < -0.3 is 5.32 Å². The fourth-order valence-electron chi connectivity index (χ4n) is 3.37. The molecule has 3 rings (SSSR count). The maximum atomic E-state index is 12.6. The highest BCUT2D eigenvalue weighted by molar-refractivity contribution is 7.92. The molecule has 0 aliphatic rings. The summed E-state index contributed by atoms with van der Waals surface area (Å²) in [5.41, 5.74) is 4.15. The van der Waals surface area contributed by atoms with E-state index in [0.29, 0.717) is 17.8 Å². The predicted molar refractivity (Wildman–Crippen MR) is 126 cm³/mol. The Bertz CT molecular complexity index is 1130. The predicted octanol–water partition coefficient (Wildman–Crippen LogP) is 4.49. The quantitative estimate of drug-likeness (QED) is 0.566. The Hall–Kier alpha value is -3.12. The number of rotatable bonds is 8. The summed E-state index contributed by atoms with van der Waals surface area (Å²) in [7, 11) is -3.49. The minimum Gasteiger partial charge on any atom is -0.351 e. The minimum atomic E-state index is -3.49. The van der Waals surface area contributed by atoms with Gasteiger partial charge in [0.05, 0.1) is 18.5 Å². The summed E-state index contributed by atoms with van der Waals surface area (Å²) in [4.78, 5) is 12.6. The third-order valence-electron chi connectivity index (χ3n) is 5.33. The average Bonchev–Trinajstić information content (AvgIpc) is 2.76. The van der Waals surface area contributed by atoms with Crippen LogP contribution in [0.25, 0.3) is 0 Å². The number of anilines is 1. The van der Waals surface area contributed by atoms with Gasteiger partial charge in [0, 0.05) is 12.1 Å². The van der Waals surface area contributed by atoms with E-state index < -0.39 is 10.0 Å². The number of hydrogen-bond donors (Lipinski definition) is 1. The van der Waals surface area contributed by atoms with Crippen LogP contribution in [0.2, 0.25) is 0 Å². The maximum absolute atomic E-state index is 12.6. The van der Waals surface area contributed by atoms with Gasteiger partial charge in [-0.3, -0.25) is 9.10 Å². The first-order chi connectivity index (χ1) is 14.8. The molecule has 0 unspecified atom stereocenters. The van der Waals surface area contributed by atoms with E-state index in [1.54, 1.807) is 24.3 Å². The van der Waals surface area contributed by atoms with E-state index >= 15 is 0 Å². The van der Waals surface area contributed by atoms with Gasteiger partial charge in [-0.1, -0.05) is 61.5 Å². The number of amides is 1. The molecule has 0 aromatic heterocycles. The van der Waals surface area contributed by atoms with Gasteiger partial charge in [-0.25, -0.2) is 8.42 Å². The summed E-state index contributed by atoms with van der Waals surface area (Å²) in [5, 5.41) is 2.95. The van der Waals surface area contributed by atoms with Crippen LogP contribution >= 0.6 is 0 Å². The fourth-order valence-corrected chi connectivity index (χ4v) is 4.25. The first kappa shape index (κ1) is 22.6. The summed E-state index contributed by atoms with van der Waals surface area (Å²) in [6.07, 6.45) is 1.19. The molecule has 0 aliphatic heterocycles. The van der Waals surface area contributed by atoms with Gasteiger partial charge in [-0.2, -0.15) is 0 Å². The van der Waals surface area contributed by atoms with Crippen molar-refractivity contribution in [1.82, 2.24) is 5.32 Å². The SMILES string of the molecule is Cc1ccccc1CN(c1ccc(C(=O)NC[C@H](C)c2ccccc2)cc1)S(C)(=O)=O. The van der Waals surface area contributed by atoms with E-state index in [4.69, 9.17) is 0 Å². The molecular formula is C25H28N2O3S. The molecule has 31 heavy (non-hydrogen) atoms. The number of benzene rings is 3. The Labute approximate surface area is 184 Å². The molecule has 1 atom stereocenters. The second kappa shape index (κ2) is 9.79. The third-order valence-corrected chi connectivity index (χ3v) is 6.47. The molecule has 0 saturated heterocycles. The van der Waals surface area contributed by atoms with Crippen LogP contribution < -0.4 is 9.62 Å². The highest BCUT2D eigenvalue weighted by Crippen LogP contribution is 2.22. The number of nitrogens with one attached hydrogen (secondary N) is 1. The van der Waals surface area contributed by atoms with Crippen LogP contribution in [0.4, 0.5) is 5.69 Å². The summed E-state index contributed by atoms with van der Waals surface area (Å²) in [6.45, 7) is 4.78. The van der Waals surface area contributed by atoms with E-state index in [1.165, 1.54) is 10.6 Å². The lowest BCUT2D eigenvalue weighted by atomic mass is 10.0. The van der Waals surface area contributed by atoms with Crippen molar-refractivity contribution in [1.29, 1.82) is 0 Å². The molecule has 1 amide bonds. The zero-order chi connectivity index (χ0) is 22.4. The van der Waals surface area contributed by atoms with Gasteiger partial charge in [0.25, 0.3) is 5.91 Å². The van der Waals surface area contributed by atoms with Gasteiger partial charge in [0.2, 0.25) is 10.0 Å². The fraction of sp³-hybridized carbons (Fsp3) is 0.240. The monoisotopic (exact) mass is 436 g/mol. The van der Waals surface area contributed by atoms with E-state index in [2.05, 4.69) is 12.2 Å². The Morgan fingerprint density at radius 1 is 0.935 bits per heavy atom. The van der Waals surface area contributed by atoms with Crippen molar-refractivity contribution >= 4 is 21.6 Å². The number of nitrogens with zero attached hydrogens (tertiary/aromatic N) is 1. The van der Waals surface area contributed by atoms with Crippen molar-refractivity contribution in [3.63, 3.8) is 0 Å². The first-order valence-electron chi connectivity index (χ1n) is 10.2. The van der Waals surface area contributed by atoms with Crippen LogP contribution in [0.1, 0.15) is 39.9 Å². The van der Waals surface area contributed by atoms with Crippen molar-refractivity contribution < 1.29 is 13.2 Å². The topological polar surface area (TPSA) is 66.5 Å². The number of carbonyl (C=O) groups excluding carboxylic acids is 1. The molecular weight excluding hydrogens is 408 g/mol. The van der Waals surface area contributed by atoms with E-state index in [-0.39, 0.29) is 18.4 Å². The van der Waals surface area contributed by atoms with E-state index in [0.717, 1.165) is 16.7 Å². The van der Waals surface area contributed by atoms with Gasteiger partial charge in [0.1, 0.15) is 0 Å². The molecule has 1 N–H and O–H groups in total. The number of sulfonamides is 1. The maximum Gasteiger partial charge on any atom is 0.251 e. The van der Waals surface area contributed by atoms with Gasteiger partial charge in [-0.05, 0) is 53.8 Å². The number of carbonyl (C=O) groups is 1. The van der Waals surface area contributed by atoms with Crippen LogP contribution in [0.5, 0.6) is 0 Å². The number of aryl methyl sites for hydroxylation is 1. The molecule has 0 radical (unpaired) electrons. The standard InChI is InChI=1S/C25H28N2O3S/c1-19-9-7-8-12-23(19)18-27(31(3,29)30)24-15-13-22(14-16-24)25(28)26-17-20(2)21-10-5-4-6-11-21/h4-16,20H,17-18H2,1-3H3,(H,26,28)/t20-/m0/s1. The Kier molecular flexibility index (Phi) is 7.13. The van der Waals surface area contributed by atoms with E-state index in [1.807, 2.05) is 61.5 Å². The summed E-state index contributed by atoms with van der Waals surface area (Å²) < 4.78 is 26.2. The second-order valence-electron chi connectivity index (χ2n) is 7.76. The Balaban J connectivity index is 1.71. The average molecular weight is 437 g/mol. The van der Waals surface area contributed by atoms with Crippen LogP contribution in [-0.4, -0.2) is 27.1 Å². The second-order valence-corrected chi connectivity index (χ2v) is 9.67. The molecule has 0 heterocycles. The van der Waals surface area contributed by atoms with Crippen LogP contribution in [0, 0.1) is 6.92 Å². The third kappa shape index (κ3) is 5.95. The van der Waals surface area contributed by atoms with Crippen molar-refractivity contribution in [3.05, 3.63) is 101 Å². The summed E-state index contributed by atoms with van der Waals surface area (Å²) >= 11 is 0. The first-order valence-corrected chi connectivity index (χ1v) is 12.1. The molecule has 0 spiro atoms. The highest BCUT2D eigenvalue weighted by Gasteiger charge is 2.19. The largest absolute Gasteiger partial charge is 0.351 e. The van der Waals surface area contributed by atoms with Crippen molar-refractivity contribution in [2.24, 2.45) is 0 Å². The van der Waals surface area contributed by atoms with Gasteiger partial charge >= 0.3 is 0 Å². The van der Waals surface area contributed by atoms with Gasteiger partial charge in [0.15, 0.2) is 0 Å². The van der Waals surface area contributed by atoms with Crippen LogP contribution in [0.15, 0.2) is 78.9 Å². The van der Waals surface area contributed by atoms with Crippen molar-refractivity contribution in [2.75, 3.05) is 17.1 Å². The zero-order valence-corrected chi connectivity index (χ0v) is 18.9. The number of hydrogen-bond acceptors (Lipinski definition) is 3. The smallest absolute Gasteiger partial charge is 0.251 e. The molecule has 162 valence electrons. The molecule has 0 bridgehead atoms. The summed E-state index contributed by atoms with van der Waals surface area (Å²) in [6, 6.07) is 24.4. The van der Waals surface area contributed by atoms with Crippen LogP contribution in [0.3, 0.4) is 0 Å².